The van der Waals surface area contributed by atoms with Crippen molar-refractivity contribution >= 4 is 17.7 Å². The van der Waals surface area contributed by atoms with Crippen LogP contribution in [0.1, 0.15) is 33.1 Å². The van der Waals surface area contributed by atoms with Crippen molar-refractivity contribution in [2.24, 2.45) is 5.92 Å². The van der Waals surface area contributed by atoms with Gasteiger partial charge in [-0.1, -0.05) is 26.7 Å². The molecule has 0 heterocycles. The molecule has 0 saturated carbocycles. The number of aliphatic hydroxyl groups is 1. The van der Waals surface area contributed by atoms with Crippen molar-refractivity contribution in [2.75, 3.05) is 12.4 Å². The van der Waals surface area contributed by atoms with Gasteiger partial charge >= 0.3 is 5.97 Å². The predicted octanol–water partition coefficient (Wildman–Crippen LogP) is 1.99. The van der Waals surface area contributed by atoms with E-state index in [1.54, 1.807) is 0 Å². The van der Waals surface area contributed by atoms with Gasteiger partial charge in [-0.2, -0.15) is 0 Å². The summed E-state index contributed by atoms with van der Waals surface area (Å²) in [6.45, 7) is 4.11. The highest BCUT2D eigenvalue weighted by molar-refractivity contribution is 8.00. The third-order valence-corrected chi connectivity index (χ3v) is 3.59. The average Bonchev–Trinajstić information content (AvgIpc) is 2.16. The standard InChI is InChI=1S/C10H20O3S/c1-3-4-5-9(10(12)13)14-7-8(2)6-11/h8-9,11H,3-7H2,1-2H3,(H,12,13). The smallest absolute Gasteiger partial charge is 0.316 e. The molecule has 2 atom stereocenters. The minimum Gasteiger partial charge on any atom is -0.480 e. The lowest BCUT2D eigenvalue weighted by Crippen LogP contribution is -2.18. The molecule has 0 aromatic rings. The van der Waals surface area contributed by atoms with Crippen LogP contribution in [-0.2, 0) is 4.79 Å². The van der Waals surface area contributed by atoms with Crippen molar-refractivity contribution in [3.8, 4) is 0 Å². The molecule has 14 heavy (non-hydrogen) atoms. The molecule has 3 nitrogen and oxygen atoms in total. The number of carbonyl (C=O) groups is 1. The summed E-state index contributed by atoms with van der Waals surface area (Å²) >= 11 is 1.44. The maximum Gasteiger partial charge on any atom is 0.316 e. The molecule has 0 aromatic heterocycles. The van der Waals surface area contributed by atoms with Gasteiger partial charge in [-0.15, -0.1) is 11.8 Å². The Kier molecular flexibility index (Phi) is 7.99. The van der Waals surface area contributed by atoms with Crippen LogP contribution in [0, 0.1) is 5.92 Å². The van der Waals surface area contributed by atoms with Gasteiger partial charge in [0.05, 0.1) is 0 Å². The summed E-state index contributed by atoms with van der Waals surface area (Å²) in [6, 6.07) is 0. The van der Waals surface area contributed by atoms with Crippen LogP contribution in [0.15, 0.2) is 0 Å². The molecule has 0 amide bonds. The van der Waals surface area contributed by atoms with Gasteiger partial charge in [-0.3, -0.25) is 4.79 Å². The van der Waals surface area contributed by atoms with Gasteiger partial charge < -0.3 is 10.2 Å². The lowest BCUT2D eigenvalue weighted by atomic mass is 10.2. The molecule has 0 aliphatic rings. The number of hydrogen-bond acceptors (Lipinski definition) is 3. The monoisotopic (exact) mass is 220 g/mol. The topological polar surface area (TPSA) is 57.5 Å². The summed E-state index contributed by atoms with van der Waals surface area (Å²) in [4.78, 5) is 10.8. The van der Waals surface area contributed by atoms with Gasteiger partial charge in [0.2, 0.25) is 0 Å². The van der Waals surface area contributed by atoms with Crippen LogP contribution in [0.5, 0.6) is 0 Å². The fourth-order valence-corrected chi connectivity index (χ4v) is 2.14. The molecular weight excluding hydrogens is 200 g/mol. The van der Waals surface area contributed by atoms with E-state index in [1.165, 1.54) is 11.8 Å². The predicted molar refractivity (Wildman–Crippen MR) is 59.7 cm³/mol. The Labute approximate surface area is 89.9 Å². The molecule has 0 radical (unpaired) electrons. The van der Waals surface area contributed by atoms with E-state index in [0.717, 1.165) is 25.0 Å². The Balaban J connectivity index is 3.79. The maximum atomic E-state index is 10.8. The van der Waals surface area contributed by atoms with Gasteiger partial charge in [0.1, 0.15) is 5.25 Å². The molecule has 0 bridgehead atoms. The number of aliphatic hydroxyl groups excluding tert-OH is 1. The quantitative estimate of drug-likeness (QED) is 0.657. The minimum atomic E-state index is -0.728. The zero-order valence-electron chi connectivity index (χ0n) is 8.90. The molecule has 0 rings (SSSR count). The first kappa shape index (κ1) is 13.8. The molecule has 4 heteroatoms. The minimum absolute atomic E-state index is 0.132. The van der Waals surface area contributed by atoms with E-state index in [0.29, 0.717) is 0 Å². The van der Waals surface area contributed by atoms with Gasteiger partial charge in [0.25, 0.3) is 0 Å². The fraction of sp³-hybridized carbons (Fsp3) is 0.900. The van der Waals surface area contributed by atoms with Crippen LogP contribution < -0.4 is 0 Å². The average molecular weight is 220 g/mol. The van der Waals surface area contributed by atoms with Crippen molar-refractivity contribution in [2.45, 2.75) is 38.4 Å². The van der Waals surface area contributed by atoms with Gasteiger partial charge in [0.15, 0.2) is 0 Å². The van der Waals surface area contributed by atoms with Crippen molar-refractivity contribution in [1.82, 2.24) is 0 Å². The summed E-state index contributed by atoms with van der Waals surface area (Å²) in [6.07, 6.45) is 2.71. The van der Waals surface area contributed by atoms with E-state index in [1.807, 2.05) is 6.92 Å². The van der Waals surface area contributed by atoms with Crippen LogP contribution in [0.2, 0.25) is 0 Å². The van der Waals surface area contributed by atoms with Crippen LogP contribution >= 0.6 is 11.8 Å². The molecule has 0 spiro atoms. The number of carboxylic acids is 1. The highest BCUT2D eigenvalue weighted by Gasteiger charge is 2.17. The number of unbranched alkanes of at least 4 members (excludes halogenated alkanes) is 1. The van der Waals surface area contributed by atoms with Crippen molar-refractivity contribution in [3.05, 3.63) is 0 Å². The summed E-state index contributed by atoms with van der Waals surface area (Å²) in [5.41, 5.74) is 0. The molecule has 84 valence electrons. The van der Waals surface area contributed by atoms with Crippen LogP contribution in [-0.4, -0.2) is 33.8 Å². The second-order valence-electron chi connectivity index (χ2n) is 3.59. The second kappa shape index (κ2) is 8.12. The van der Waals surface area contributed by atoms with Crippen molar-refractivity contribution in [1.29, 1.82) is 0 Å². The number of thioether (sulfide) groups is 1. The van der Waals surface area contributed by atoms with Crippen LogP contribution in [0.4, 0.5) is 0 Å². The van der Waals surface area contributed by atoms with Crippen LogP contribution in [0.25, 0.3) is 0 Å². The third kappa shape index (κ3) is 6.27. The van der Waals surface area contributed by atoms with E-state index in [4.69, 9.17) is 10.2 Å². The Hall–Kier alpha value is -0.220. The highest BCUT2D eigenvalue weighted by Crippen LogP contribution is 2.20. The second-order valence-corrected chi connectivity index (χ2v) is 4.83. The Bertz CT molecular complexity index is 161. The summed E-state index contributed by atoms with van der Waals surface area (Å²) in [5, 5.41) is 17.4. The van der Waals surface area contributed by atoms with Gasteiger partial charge in [-0.05, 0) is 18.1 Å². The summed E-state index contributed by atoms with van der Waals surface area (Å²) < 4.78 is 0. The summed E-state index contributed by atoms with van der Waals surface area (Å²) in [5.74, 6) is 0.175. The van der Waals surface area contributed by atoms with Crippen molar-refractivity contribution in [3.63, 3.8) is 0 Å². The fourth-order valence-electron chi connectivity index (χ4n) is 1.00. The molecule has 0 aliphatic heterocycles. The molecule has 0 fully saturated rings. The van der Waals surface area contributed by atoms with E-state index >= 15 is 0 Å². The molecule has 0 aliphatic carbocycles. The zero-order chi connectivity index (χ0) is 11.0. The molecule has 2 unspecified atom stereocenters. The molecule has 2 N–H and O–H groups in total. The first-order chi connectivity index (χ1) is 6.61. The Morgan fingerprint density at radius 1 is 1.50 bits per heavy atom. The molecular formula is C10H20O3S. The van der Waals surface area contributed by atoms with Crippen LogP contribution in [0.3, 0.4) is 0 Å². The zero-order valence-corrected chi connectivity index (χ0v) is 9.72. The van der Waals surface area contributed by atoms with Crippen molar-refractivity contribution < 1.29 is 15.0 Å². The first-order valence-corrected chi connectivity index (χ1v) is 6.11. The largest absolute Gasteiger partial charge is 0.480 e. The Morgan fingerprint density at radius 2 is 2.14 bits per heavy atom. The van der Waals surface area contributed by atoms with Gasteiger partial charge in [-0.25, -0.2) is 0 Å². The maximum absolute atomic E-state index is 10.8. The van der Waals surface area contributed by atoms with E-state index in [9.17, 15) is 4.79 Å². The van der Waals surface area contributed by atoms with E-state index < -0.39 is 5.97 Å². The SMILES string of the molecule is CCCCC(SCC(C)CO)C(=O)O. The lowest BCUT2D eigenvalue weighted by molar-refractivity contribution is -0.136. The lowest BCUT2D eigenvalue weighted by Gasteiger charge is -2.13. The highest BCUT2D eigenvalue weighted by atomic mass is 32.2. The van der Waals surface area contributed by atoms with E-state index in [2.05, 4.69) is 6.92 Å². The Morgan fingerprint density at radius 3 is 2.57 bits per heavy atom. The number of hydrogen-bond donors (Lipinski definition) is 2. The third-order valence-electron chi connectivity index (χ3n) is 1.99. The first-order valence-electron chi connectivity index (χ1n) is 5.07. The number of carboxylic acid groups (broad SMARTS) is 1. The van der Waals surface area contributed by atoms with Gasteiger partial charge in [0, 0.05) is 6.61 Å². The molecule has 0 aromatic carbocycles. The normalized spacial score (nSPS) is 15.1. The molecule has 0 saturated heterocycles. The summed E-state index contributed by atoms with van der Waals surface area (Å²) in [7, 11) is 0. The number of aliphatic carboxylic acids is 1. The number of rotatable bonds is 8. The van der Waals surface area contributed by atoms with E-state index in [-0.39, 0.29) is 17.8 Å².